The number of benzene rings is 3. The van der Waals surface area contributed by atoms with Crippen molar-refractivity contribution in [3.63, 3.8) is 0 Å². The fraction of sp³-hybridized carbons (Fsp3) is 0.160. The number of nitrogens with zero attached hydrogens (tertiary/aromatic N) is 1. The Kier molecular flexibility index (Phi) is 7.44. The Morgan fingerprint density at radius 3 is 2.47 bits per heavy atom. The summed E-state index contributed by atoms with van der Waals surface area (Å²) in [5.41, 5.74) is 3.94. The maximum atomic E-state index is 12.5. The monoisotopic (exact) mass is 524 g/mol. The number of fused-ring (bicyclic) bond motifs is 1. The third-order valence-electron chi connectivity index (χ3n) is 4.73. The molecule has 8 nitrogen and oxygen atoms in total. The number of hydrogen-bond donors (Lipinski definition) is 1. The van der Waals surface area contributed by atoms with Crippen LogP contribution in [0.25, 0.3) is 0 Å². The number of carbonyl (C=O) groups is 2. The van der Waals surface area contributed by atoms with Crippen LogP contribution in [0.4, 0.5) is 0 Å². The van der Waals surface area contributed by atoms with Gasteiger partial charge in [-0.3, -0.25) is 4.79 Å². The van der Waals surface area contributed by atoms with Crippen molar-refractivity contribution in [3.8, 4) is 23.0 Å². The van der Waals surface area contributed by atoms with E-state index in [1.165, 1.54) is 6.21 Å². The van der Waals surface area contributed by atoms with Crippen LogP contribution in [0.5, 0.6) is 23.0 Å². The first-order valence-corrected chi connectivity index (χ1v) is 11.3. The maximum Gasteiger partial charge on any atom is 0.343 e. The molecule has 1 N–H and O–H groups in total. The van der Waals surface area contributed by atoms with E-state index in [2.05, 4.69) is 26.5 Å². The van der Waals surface area contributed by atoms with Crippen molar-refractivity contribution in [1.29, 1.82) is 0 Å². The number of carbonyl (C=O) groups excluding carboxylic acids is 2. The number of hydrogen-bond acceptors (Lipinski definition) is 7. The lowest BCUT2D eigenvalue weighted by Crippen LogP contribution is -2.19. The van der Waals surface area contributed by atoms with E-state index in [1.807, 2.05) is 6.92 Å². The molecule has 3 aromatic carbocycles. The zero-order valence-corrected chi connectivity index (χ0v) is 19.8. The molecule has 0 radical (unpaired) electrons. The van der Waals surface area contributed by atoms with E-state index < -0.39 is 11.9 Å². The molecule has 0 unspecified atom stereocenters. The van der Waals surface area contributed by atoms with Crippen LogP contribution in [0, 0.1) is 0 Å². The minimum absolute atomic E-state index is 0.284. The molecular formula is C25H21BrN2O6. The molecule has 4 rings (SSSR count). The van der Waals surface area contributed by atoms with Crippen molar-refractivity contribution in [1.82, 2.24) is 5.43 Å². The van der Waals surface area contributed by atoms with Gasteiger partial charge in [0.25, 0.3) is 5.91 Å². The molecule has 34 heavy (non-hydrogen) atoms. The van der Waals surface area contributed by atoms with Gasteiger partial charge in [-0.05, 0) is 73.2 Å². The third kappa shape index (κ3) is 5.74. The molecule has 0 bridgehead atoms. The molecule has 1 aliphatic rings. The zero-order valence-electron chi connectivity index (χ0n) is 18.2. The Morgan fingerprint density at radius 1 is 0.971 bits per heavy atom. The number of ether oxygens (including phenoxy) is 4. The summed E-state index contributed by atoms with van der Waals surface area (Å²) in [6.07, 6.45) is 1.47. The van der Waals surface area contributed by atoms with Crippen LogP contribution in [0.15, 0.2) is 70.2 Å². The largest absolute Gasteiger partial charge is 0.490 e. The fourth-order valence-corrected chi connectivity index (χ4v) is 3.38. The van der Waals surface area contributed by atoms with E-state index in [1.54, 1.807) is 60.7 Å². The Hall–Kier alpha value is -3.85. The van der Waals surface area contributed by atoms with Gasteiger partial charge in [-0.2, -0.15) is 5.10 Å². The lowest BCUT2D eigenvalue weighted by molar-refractivity contribution is 0.0728. The van der Waals surface area contributed by atoms with Crippen molar-refractivity contribution >= 4 is 34.0 Å². The molecule has 9 heteroatoms. The van der Waals surface area contributed by atoms with Crippen molar-refractivity contribution in [2.45, 2.75) is 6.92 Å². The maximum absolute atomic E-state index is 12.5. The van der Waals surface area contributed by atoms with Crippen LogP contribution >= 0.6 is 15.9 Å². The van der Waals surface area contributed by atoms with Gasteiger partial charge in [0.1, 0.15) is 13.2 Å². The molecule has 1 heterocycles. The highest BCUT2D eigenvalue weighted by molar-refractivity contribution is 9.10. The Balaban J connectivity index is 1.42. The molecule has 174 valence electrons. The minimum Gasteiger partial charge on any atom is -0.490 e. The van der Waals surface area contributed by atoms with Crippen LogP contribution < -0.4 is 24.4 Å². The third-order valence-corrected chi connectivity index (χ3v) is 5.26. The van der Waals surface area contributed by atoms with Gasteiger partial charge < -0.3 is 18.9 Å². The summed E-state index contributed by atoms with van der Waals surface area (Å²) in [4.78, 5) is 24.9. The molecule has 0 aliphatic carbocycles. The lowest BCUT2D eigenvalue weighted by atomic mass is 10.2. The second-order valence-electron chi connectivity index (χ2n) is 7.09. The topological polar surface area (TPSA) is 95.5 Å². The molecule has 3 aromatic rings. The van der Waals surface area contributed by atoms with Crippen LogP contribution in [0.3, 0.4) is 0 Å². The average molecular weight is 525 g/mol. The quantitative estimate of drug-likeness (QED) is 0.210. The SMILES string of the molecule is CCOc1cc(/C=N/NC(=O)c2ccc3c(c2)OCCO3)ccc1OC(=O)c1ccc(Br)cc1. The van der Waals surface area contributed by atoms with Crippen molar-refractivity contribution in [2.75, 3.05) is 19.8 Å². The molecule has 0 fully saturated rings. The number of hydrazone groups is 1. The van der Waals surface area contributed by atoms with Crippen LogP contribution in [-0.4, -0.2) is 37.9 Å². The summed E-state index contributed by atoms with van der Waals surface area (Å²) >= 11 is 3.34. The van der Waals surface area contributed by atoms with Crippen molar-refractivity contribution in [3.05, 3.63) is 81.8 Å². The van der Waals surface area contributed by atoms with Gasteiger partial charge in [0, 0.05) is 10.0 Å². The molecule has 0 aromatic heterocycles. The van der Waals surface area contributed by atoms with Crippen LogP contribution in [0.1, 0.15) is 33.2 Å². The summed E-state index contributed by atoms with van der Waals surface area (Å²) in [5.74, 6) is 0.912. The first-order valence-electron chi connectivity index (χ1n) is 10.5. The molecule has 1 amide bonds. The van der Waals surface area contributed by atoms with Gasteiger partial charge in [-0.1, -0.05) is 15.9 Å². The number of esters is 1. The van der Waals surface area contributed by atoms with Gasteiger partial charge in [0.15, 0.2) is 23.0 Å². The Morgan fingerprint density at radius 2 is 1.71 bits per heavy atom. The van der Waals surface area contributed by atoms with Gasteiger partial charge in [-0.25, -0.2) is 10.2 Å². The van der Waals surface area contributed by atoms with Gasteiger partial charge in [-0.15, -0.1) is 0 Å². The minimum atomic E-state index is -0.499. The first-order chi connectivity index (χ1) is 16.5. The summed E-state index contributed by atoms with van der Waals surface area (Å²) in [7, 11) is 0. The summed E-state index contributed by atoms with van der Waals surface area (Å²) in [6.45, 7) is 3.13. The fourth-order valence-electron chi connectivity index (χ4n) is 3.12. The predicted molar refractivity (Wildman–Crippen MR) is 129 cm³/mol. The molecule has 0 saturated carbocycles. The van der Waals surface area contributed by atoms with E-state index in [0.717, 1.165) is 4.47 Å². The highest BCUT2D eigenvalue weighted by Crippen LogP contribution is 2.31. The molecule has 0 atom stereocenters. The molecule has 0 saturated heterocycles. The normalized spacial score (nSPS) is 12.3. The second kappa shape index (κ2) is 10.8. The number of nitrogens with one attached hydrogen (secondary N) is 1. The van der Waals surface area contributed by atoms with Gasteiger partial charge >= 0.3 is 5.97 Å². The number of amides is 1. The van der Waals surface area contributed by atoms with Crippen molar-refractivity contribution < 1.29 is 28.5 Å². The van der Waals surface area contributed by atoms with Crippen LogP contribution in [0.2, 0.25) is 0 Å². The van der Waals surface area contributed by atoms with Gasteiger partial charge in [0.05, 0.1) is 18.4 Å². The van der Waals surface area contributed by atoms with E-state index in [-0.39, 0.29) is 5.75 Å². The highest BCUT2D eigenvalue weighted by Gasteiger charge is 2.15. The van der Waals surface area contributed by atoms with Gasteiger partial charge in [0.2, 0.25) is 0 Å². The number of rotatable bonds is 7. The first kappa shape index (κ1) is 23.3. The predicted octanol–water partition coefficient (Wildman–Crippen LogP) is 4.60. The smallest absolute Gasteiger partial charge is 0.343 e. The standard InChI is InChI=1S/C25H21BrN2O6/c1-2-31-22-13-16(3-9-21(22)34-25(30)17-4-7-19(26)8-5-17)15-27-28-24(29)18-6-10-20-23(14-18)33-12-11-32-20/h3-10,13-15H,2,11-12H2,1H3,(H,28,29)/b27-15+. The number of halogens is 1. The molecule has 0 spiro atoms. The van der Waals surface area contributed by atoms with Crippen molar-refractivity contribution in [2.24, 2.45) is 5.10 Å². The zero-order chi connectivity index (χ0) is 23.9. The summed E-state index contributed by atoms with van der Waals surface area (Å²) in [5, 5.41) is 4.01. The van der Waals surface area contributed by atoms with E-state index in [4.69, 9.17) is 18.9 Å². The lowest BCUT2D eigenvalue weighted by Gasteiger charge is -2.18. The Labute approximate surface area is 204 Å². The van der Waals surface area contributed by atoms with E-state index >= 15 is 0 Å². The average Bonchev–Trinajstić information content (AvgIpc) is 2.85. The molecular weight excluding hydrogens is 504 g/mol. The second-order valence-corrected chi connectivity index (χ2v) is 8.01. The van der Waals surface area contributed by atoms with Crippen LogP contribution in [-0.2, 0) is 0 Å². The Bertz CT molecular complexity index is 1230. The van der Waals surface area contributed by atoms with E-state index in [0.29, 0.717) is 53.8 Å². The molecule has 1 aliphatic heterocycles. The highest BCUT2D eigenvalue weighted by atomic mass is 79.9. The summed E-state index contributed by atoms with van der Waals surface area (Å²) < 4.78 is 23.0. The summed E-state index contributed by atoms with van der Waals surface area (Å²) in [6, 6.07) is 16.8. The van der Waals surface area contributed by atoms with E-state index in [9.17, 15) is 9.59 Å².